The van der Waals surface area contributed by atoms with E-state index in [9.17, 15) is 24.4 Å². The summed E-state index contributed by atoms with van der Waals surface area (Å²) >= 11 is 5.88. The zero-order valence-electron chi connectivity index (χ0n) is 12.5. The summed E-state index contributed by atoms with van der Waals surface area (Å²) in [6.45, 7) is 0. The average molecular weight is 392 g/mol. The fraction of sp³-hybridized carbons (Fsp3) is 0. The van der Waals surface area contributed by atoms with Crippen molar-refractivity contribution in [1.82, 2.24) is 9.97 Å². The van der Waals surface area contributed by atoms with Crippen molar-refractivity contribution in [1.29, 1.82) is 0 Å². The number of benzene rings is 2. The molecule has 1 N–H and O–H groups in total. The summed E-state index contributed by atoms with van der Waals surface area (Å²) in [5.41, 5.74) is 0.277. The fourth-order valence-corrected chi connectivity index (χ4v) is 3.95. The van der Waals surface area contributed by atoms with Gasteiger partial charge in [-0.05, 0) is 12.1 Å². The molecule has 3 aromatic rings. The van der Waals surface area contributed by atoms with E-state index in [2.05, 4.69) is 15.3 Å². The molecule has 1 aromatic heterocycles. The van der Waals surface area contributed by atoms with Crippen LogP contribution in [0.4, 0.5) is 22.9 Å². The Morgan fingerprint density at radius 2 is 1.77 bits per heavy atom. The molecule has 130 valence electrons. The van der Waals surface area contributed by atoms with Crippen molar-refractivity contribution in [2.75, 3.05) is 5.32 Å². The number of anilines is 2. The van der Waals surface area contributed by atoms with Crippen molar-refractivity contribution in [3.63, 3.8) is 0 Å². The van der Waals surface area contributed by atoms with Crippen molar-refractivity contribution in [3.8, 4) is 0 Å². The molecule has 1 aliphatic rings. The molecule has 12 heteroatoms. The zero-order chi connectivity index (χ0) is 18.6. The van der Waals surface area contributed by atoms with Crippen LogP contribution in [0.1, 0.15) is 0 Å². The van der Waals surface area contributed by atoms with Gasteiger partial charge in [-0.15, -0.1) is 0 Å². The van der Waals surface area contributed by atoms with Crippen molar-refractivity contribution >= 4 is 56.3 Å². The van der Waals surface area contributed by atoms with E-state index in [4.69, 9.17) is 11.6 Å². The predicted molar refractivity (Wildman–Crippen MR) is 92.3 cm³/mol. The minimum Gasteiger partial charge on any atom is -0.337 e. The second kappa shape index (κ2) is 5.68. The Balaban J connectivity index is 1.91. The highest BCUT2D eigenvalue weighted by atomic mass is 35.5. The van der Waals surface area contributed by atoms with Gasteiger partial charge in [0.2, 0.25) is 0 Å². The third-order valence-corrected chi connectivity index (χ3v) is 5.38. The number of fused-ring (bicyclic) bond motifs is 3. The van der Waals surface area contributed by atoms with E-state index in [1.54, 1.807) is 0 Å². The molecule has 0 saturated heterocycles. The number of non-ortho nitro benzene ring substituents is 1. The van der Waals surface area contributed by atoms with Crippen LogP contribution in [0.15, 0.2) is 40.3 Å². The molecule has 1 aliphatic heterocycles. The maximum absolute atomic E-state index is 12.8. The lowest BCUT2D eigenvalue weighted by atomic mass is 10.2. The molecule has 0 spiro atoms. The van der Waals surface area contributed by atoms with Crippen molar-refractivity contribution in [3.05, 3.63) is 55.6 Å². The Morgan fingerprint density at radius 1 is 1.04 bits per heavy atom. The molecule has 10 nitrogen and oxygen atoms in total. The molecule has 2 aromatic carbocycles. The topological polar surface area (TPSA) is 141 Å². The van der Waals surface area contributed by atoms with Crippen LogP contribution in [0.25, 0.3) is 11.0 Å². The van der Waals surface area contributed by atoms with E-state index < -0.39 is 20.6 Å². The highest BCUT2D eigenvalue weighted by Gasteiger charge is 2.28. The SMILES string of the molecule is O=[N+]([O-])c1ccc2c(c1)S(=O)c1nc3cc([N+](=O)[O-])c(Cl)cc3nc1N2. The zero-order valence-corrected chi connectivity index (χ0v) is 14.1. The number of rotatable bonds is 2. The first-order valence-corrected chi connectivity index (χ1v) is 8.51. The van der Waals surface area contributed by atoms with E-state index in [0.717, 1.165) is 6.07 Å². The minimum absolute atomic E-state index is 0.0297. The van der Waals surface area contributed by atoms with Gasteiger partial charge in [-0.1, -0.05) is 11.6 Å². The molecule has 0 radical (unpaired) electrons. The molecule has 0 saturated carbocycles. The number of nitrogens with one attached hydrogen (secondary N) is 1. The van der Waals surface area contributed by atoms with E-state index in [1.807, 2.05) is 0 Å². The third kappa shape index (κ3) is 2.45. The monoisotopic (exact) mass is 391 g/mol. The highest BCUT2D eigenvalue weighted by Crippen LogP contribution is 2.38. The van der Waals surface area contributed by atoms with Gasteiger partial charge >= 0.3 is 0 Å². The summed E-state index contributed by atoms with van der Waals surface area (Å²) < 4.78 is 12.8. The number of hydrogen-bond donors (Lipinski definition) is 1. The Morgan fingerprint density at radius 3 is 2.46 bits per heavy atom. The van der Waals surface area contributed by atoms with Crippen LogP contribution in [-0.4, -0.2) is 24.0 Å². The number of nitro groups is 2. The Bertz CT molecular complexity index is 1170. The molecule has 0 amide bonds. The van der Waals surface area contributed by atoms with Gasteiger partial charge in [0.1, 0.15) is 15.8 Å². The molecule has 1 unspecified atom stereocenters. The number of nitro benzene ring substituents is 2. The second-order valence-corrected chi connectivity index (χ2v) is 7.03. The maximum atomic E-state index is 12.8. The standard InChI is InChI=1S/C14H6ClN5O5S/c15-7-4-9-10(5-11(7)20(23)24)18-14-13(17-9)16-8-2-1-6(19(21)22)3-12(8)26(14)25/h1-5H,(H,16,17). The number of nitrogens with zero attached hydrogens (tertiary/aromatic N) is 4. The molecule has 0 bridgehead atoms. The van der Waals surface area contributed by atoms with E-state index in [0.29, 0.717) is 5.69 Å². The third-order valence-electron chi connectivity index (χ3n) is 3.70. The molecule has 1 atom stereocenters. The highest BCUT2D eigenvalue weighted by molar-refractivity contribution is 7.85. The Kier molecular flexibility index (Phi) is 3.56. The quantitative estimate of drug-likeness (QED) is 0.405. The first-order chi connectivity index (χ1) is 12.3. The first-order valence-electron chi connectivity index (χ1n) is 6.98. The van der Waals surface area contributed by atoms with E-state index in [-0.39, 0.29) is 43.2 Å². The van der Waals surface area contributed by atoms with Gasteiger partial charge in [0.25, 0.3) is 11.4 Å². The summed E-state index contributed by atoms with van der Waals surface area (Å²) in [5.74, 6) is 0.196. The molecular formula is C14H6ClN5O5S. The summed E-state index contributed by atoms with van der Waals surface area (Å²) in [4.78, 5) is 29.4. The summed E-state index contributed by atoms with van der Waals surface area (Å²) in [5, 5.41) is 24.8. The summed E-state index contributed by atoms with van der Waals surface area (Å²) in [6, 6.07) is 6.35. The van der Waals surface area contributed by atoms with E-state index >= 15 is 0 Å². The summed E-state index contributed by atoms with van der Waals surface area (Å²) in [6.07, 6.45) is 0. The smallest absolute Gasteiger partial charge is 0.290 e. The van der Waals surface area contributed by atoms with Gasteiger partial charge in [0.05, 0.1) is 31.5 Å². The molecule has 26 heavy (non-hydrogen) atoms. The van der Waals surface area contributed by atoms with Crippen LogP contribution in [0.2, 0.25) is 5.02 Å². The normalized spacial score (nSPS) is 15.0. The molecular weight excluding hydrogens is 386 g/mol. The fourth-order valence-electron chi connectivity index (χ4n) is 2.51. The van der Waals surface area contributed by atoms with Crippen LogP contribution in [0.3, 0.4) is 0 Å². The van der Waals surface area contributed by atoms with E-state index in [1.165, 1.54) is 24.3 Å². The van der Waals surface area contributed by atoms with Gasteiger partial charge in [-0.3, -0.25) is 20.2 Å². The summed E-state index contributed by atoms with van der Waals surface area (Å²) in [7, 11) is -1.84. The van der Waals surface area contributed by atoms with Gasteiger partial charge in [-0.25, -0.2) is 14.2 Å². The lowest BCUT2D eigenvalue weighted by molar-refractivity contribution is -0.385. The number of hydrogen-bond acceptors (Lipinski definition) is 8. The molecule has 0 fully saturated rings. The first kappa shape index (κ1) is 16.3. The van der Waals surface area contributed by atoms with Crippen molar-refractivity contribution in [2.45, 2.75) is 9.92 Å². The maximum Gasteiger partial charge on any atom is 0.290 e. The molecule has 0 aliphatic carbocycles. The second-order valence-electron chi connectivity index (χ2n) is 5.26. The van der Waals surface area contributed by atoms with Crippen LogP contribution < -0.4 is 5.32 Å². The van der Waals surface area contributed by atoms with Gasteiger partial charge in [0, 0.05) is 18.2 Å². The van der Waals surface area contributed by atoms with Crippen LogP contribution >= 0.6 is 11.6 Å². The molecule has 2 heterocycles. The van der Waals surface area contributed by atoms with Crippen molar-refractivity contribution in [2.24, 2.45) is 0 Å². The lowest BCUT2D eigenvalue weighted by Crippen LogP contribution is -2.12. The lowest BCUT2D eigenvalue weighted by Gasteiger charge is -2.19. The molecule has 4 rings (SSSR count). The van der Waals surface area contributed by atoms with Gasteiger partial charge in [-0.2, -0.15) is 0 Å². The van der Waals surface area contributed by atoms with Gasteiger partial charge < -0.3 is 5.32 Å². The largest absolute Gasteiger partial charge is 0.337 e. The average Bonchev–Trinajstić information content (AvgIpc) is 2.59. The van der Waals surface area contributed by atoms with Crippen molar-refractivity contribution < 1.29 is 14.1 Å². The minimum atomic E-state index is -1.84. The predicted octanol–water partition coefficient (Wildman–Crippen LogP) is 3.32. The number of aromatic nitrogens is 2. The van der Waals surface area contributed by atoms with Crippen LogP contribution in [-0.2, 0) is 10.8 Å². The number of halogens is 1. The Labute approximate surface area is 151 Å². The Hall–Kier alpha value is -3.18. The van der Waals surface area contributed by atoms with Gasteiger partial charge in [0.15, 0.2) is 10.8 Å². The van der Waals surface area contributed by atoms with Crippen LogP contribution in [0.5, 0.6) is 0 Å². The van der Waals surface area contributed by atoms with Crippen LogP contribution in [0, 0.1) is 20.2 Å².